The van der Waals surface area contributed by atoms with E-state index >= 15 is 0 Å². The normalized spacial score (nSPS) is 24.4. The number of aryl methyl sites for hydroxylation is 1. The quantitative estimate of drug-likeness (QED) is 0.670. The van der Waals surface area contributed by atoms with E-state index in [1.54, 1.807) is 5.56 Å². The maximum Gasteiger partial charge on any atom is 0.0375 e. The van der Waals surface area contributed by atoms with Crippen LogP contribution in [0.5, 0.6) is 0 Å². The minimum Gasteiger partial charge on any atom is -0.262 e. The Hall–Kier alpha value is -0.850. The Morgan fingerprint density at radius 3 is 2.69 bits per heavy atom. The van der Waals surface area contributed by atoms with Gasteiger partial charge >= 0.3 is 0 Å². The highest BCUT2D eigenvalue weighted by Crippen LogP contribution is 2.62. The van der Waals surface area contributed by atoms with E-state index in [9.17, 15) is 0 Å². The lowest BCUT2D eigenvalue weighted by molar-refractivity contribution is 0.595. The summed E-state index contributed by atoms with van der Waals surface area (Å²) in [5, 5.41) is 0. The van der Waals surface area contributed by atoms with Crippen molar-refractivity contribution in [1.29, 1.82) is 0 Å². The van der Waals surface area contributed by atoms with Gasteiger partial charge in [-0.2, -0.15) is 0 Å². The minimum atomic E-state index is 0.605. The summed E-state index contributed by atoms with van der Waals surface area (Å²) in [6, 6.07) is 4.50. The molecule has 0 amide bonds. The first-order valence-electron chi connectivity index (χ1n) is 5.24. The van der Waals surface area contributed by atoms with Crippen LogP contribution in [0.25, 0.3) is 0 Å². The molecular weight excluding hydrogens is 158 g/mol. The van der Waals surface area contributed by atoms with Crippen molar-refractivity contribution in [3.05, 3.63) is 29.6 Å². The lowest BCUT2D eigenvalue weighted by Gasteiger charge is -2.14. The molecule has 0 saturated heterocycles. The maximum atomic E-state index is 4.26. The van der Waals surface area contributed by atoms with E-state index in [0.29, 0.717) is 5.41 Å². The van der Waals surface area contributed by atoms with Crippen molar-refractivity contribution in [2.45, 2.75) is 38.0 Å². The minimum absolute atomic E-state index is 0.605. The number of rotatable bonds is 2. The van der Waals surface area contributed by atoms with E-state index in [0.717, 1.165) is 5.92 Å². The molecule has 0 spiro atoms. The summed E-state index contributed by atoms with van der Waals surface area (Å²) >= 11 is 0. The number of nitrogens with zero attached hydrogens (tertiary/aromatic N) is 1. The molecule has 68 valence electrons. The second-order valence-electron chi connectivity index (χ2n) is 4.62. The highest BCUT2D eigenvalue weighted by molar-refractivity contribution is 5.34. The van der Waals surface area contributed by atoms with Crippen LogP contribution >= 0.6 is 0 Å². The Kier molecular flexibility index (Phi) is 1.36. The molecule has 0 N–H and O–H groups in total. The zero-order valence-corrected chi connectivity index (χ0v) is 8.09. The lowest BCUT2D eigenvalue weighted by atomic mass is 9.91. The molecule has 2 saturated carbocycles. The fourth-order valence-corrected chi connectivity index (χ4v) is 2.56. The molecule has 1 nitrogen and oxygen atoms in total. The molecule has 0 aliphatic heterocycles. The predicted molar refractivity (Wildman–Crippen MR) is 52.6 cm³/mol. The Morgan fingerprint density at radius 2 is 2.15 bits per heavy atom. The number of aromatic nitrogens is 1. The van der Waals surface area contributed by atoms with Crippen LogP contribution in [0.2, 0.25) is 0 Å². The molecule has 0 bridgehead atoms. The fourth-order valence-electron chi connectivity index (χ4n) is 2.56. The number of hydrogen-bond donors (Lipinski definition) is 0. The van der Waals surface area contributed by atoms with Crippen molar-refractivity contribution >= 4 is 0 Å². The zero-order chi connectivity index (χ0) is 8.89. The predicted octanol–water partition coefficient (Wildman–Crippen LogP) is 2.83. The summed E-state index contributed by atoms with van der Waals surface area (Å²) in [7, 11) is 0. The topological polar surface area (TPSA) is 12.9 Å². The van der Waals surface area contributed by atoms with Gasteiger partial charge in [0.1, 0.15) is 0 Å². The highest BCUT2D eigenvalue weighted by atomic mass is 14.7. The molecule has 2 aliphatic rings. The summed E-state index contributed by atoms with van der Waals surface area (Å²) in [5.74, 6) is 1.01. The molecule has 1 aromatic heterocycles. The van der Waals surface area contributed by atoms with Crippen molar-refractivity contribution in [3.8, 4) is 0 Å². The first-order chi connectivity index (χ1) is 6.31. The molecule has 2 aliphatic carbocycles. The van der Waals surface area contributed by atoms with Crippen molar-refractivity contribution in [2.75, 3.05) is 0 Å². The summed E-state index contributed by atoms with van der Waals surface area (Å²) in [6.45, 7) is 2.09. The first-order valence-corrected chi connectivity index (χ1v) is 5.24. The van der Waals surface area contributed by atoms with Gasteiger partial charge in [0.2, 0.25) is 0 Å². The van der Waals surface area contributed by atoms with Crippen LogP contribution in [0.3, 0.4) is 0 Å². The van der Waals surface area contributed by atoms with Gasteiger partial charge in [0.05, 0.1) is 0 Å². The Balaban J connectivity index is 1.99. The van der Waals surface area contributed by atoms with Crippen LogP contribution < -0.4 is 0 Å². The first kappa shape index (κ1) is 7.54. The molecule has 0 radical (unpaired) electrons. The molecular formula is C12H15N. The van der Waals surface area contributed by atoms with E-state index in [-0.39, 0.29) is 0 Å². The van der Waals surface area contributed by atoms with Crippen LogP contribution in [-0.4, -0.2) is 4.98 Å². The van der Waals surface area contributed by atoms with Crippen LogP contribution in [0, 0.1) is 12.8 Å². The van der Waals surface area contributed by atoms with E-state index in [1.165, 1.54) is 31.4 Å². The molecule has 0 unspecified atom stereocenters. The largest absolute Gasteiger partial charge is 0.262 e. The van der Waals surface area contributed by atoms with Gasteiger partial charge in [0.25, 0.3) is 0 Å². The van der Waals surface area contributed by atoms with Gasteiger partial charge in [0.15, 0.2) is 0 Å². The third-order valence-electron chi connectivity index (χ3n) is 3.62. The number of pyridine rings is 1. The molecule has 13 heavy (non-hydrogen) atoms. The van der Waals surface area contributed by atoms with Gasteiger partial charge in [-0.3, -0.25) is 4.98 Å². The van der Waals surface area contributed by atoms with E-state index < -0.39 is 0 Å². The van der Waals surface area contributed by atoms with Gasteiger partial charge in [-0.15, -0.1) is 0 Å². The third kappa shape index (κ3) is 1.10. The summed E-state index contributed by atoms with van der Waals surface area (Å²) in [6.07, 6.45) is 7.72. The van der Waals surface area contributed by atoms with Gasteiger partial charge in [-0.25, -0.2) is 0 Å². The van der Waals surface area contributed by atoms with Gasteiger partial charge in [-0.1, -0.05) is 0 Å². The Labute approximate surface area is 79.2 Å². The third-order valence-corrected chi connectivity index (χ3v) is 3.62. The van der Waals surface area contributed by atoms with Gasteiger partial charge in [0, 0.05) is 11.9 Å². The summed E-state index contributed by atoms with van der Waals surface area (Å²) in [5.41, 5.74) is 3.33. The molecule has 1 heterocycles. The van der Waals surface area contributed by atoms with Crippen LogP contribution in [0.15, 0.2) is 18.3 Å². The second kappa shape index (κ2) is 2.34. The molecule has 3 rings (SSSR count). The van der Waals surface area contributed by atoms with E-state index in [2.05, 4.69) is 24.0 Å². The summed E-state index contributed by atoms with van der Waals surface area (Å²) in [4.78, 5) is 4.26. The molecule has 1 aromatic rings. The SMILES string of the molecule is Cc1cc(C2(C3CC3)CC2)ccn1. The Morgan fingerprint density at radius 1 is 1.38 bits per heavy atom. The molecule has 0 atom stereocenters. The fraction of sp³-hybridized carbons (Fsp3) is 0.583. The van der Waals surface area contributed by atoms with Crippen LogP contribution in [0.1, 0.15) is 36.9 Å². The van der Waals surface area contributed by atoms with Crippen LogP contribution in [0.4, 0.5) is 0 Å². The van der Waals surface area contributed by atoms with Crippen molar-refractivity contribution in [2.24, 2.45) is 5.92 Å². The number of hydrogen-bond acceptors (Lipinski definition) is 1. The van der Waals surface area contributed by atoms with E-state index in [4.69, 9.17) is 0 Å². The summed E-state index contributed by atoms with van der Waals surface area (Å²) < 4.78 is 0. The van der Waals surface area contributed by atoms with Gasteiger partial charge in [-0.05, 0) is 61.6 Å². The van der Waals surface area contributed by atoms with Gasteiger partial charge < -0.3 is 0 Å². The van der Waals surface area contributed by atoms with Crippen molar-refractivity contribution in [3.63, 3.8) is 0 Å². The Bertz CT molecular complexity index is 335. The molecule has 2 fully saturated rings. The molecule has 0 aromatic carbocycles. The molecule has 1 heteroatoms. The maximum absolute atomic E-state index is 4.26. The lowest BCUT2D eigenvalue weighted by Crippen LogP contribution is -2.09. The second-order valence-corrected chi connectivity index (χ2v) is 4.62. The average Bonchev–Trinajstić information content (AvgIpc) is 2.99. The monoisotopic (exact) mass is 173 g/mol. The van der Waals surface area contributed by atoms with Crippen molar-refractivity contribution < 1.29 is 0 Å². The smallest absolute Gasteiger partial charge is 0.0375 e. The zero-order valence-electron chi connectivity index (χ0n) is 8.09. The van der Waals surface area contributed by atoms with Crippen molar-refractivity contribution in [1.82, 2.24) is 4.98 Å². The highest BCUT2D eigenvalue weighted by Gasteiger charge is 2.54. The standard InChI is InChI=1S/C12H15N/c1-9-8-11(4-7-13-9)12(5-6-12)10-2-3-10/h4,7-8,10H,2-3,5-6H2,1H3. The van der Waals surface area contributed by atoms with Crippen LogP contribution in [-0.2, 0) is 5.41 Å². The average molecular weight is 173 g/mol. The van der Waals surface area contributed by atoms with E-state index in [1.807, 2.05) is 6.20 Å².